The molecule has 0 radical (unpaired) electrons. The smallest absolute Gasteiger partial charge is 0.235 e. The minimum Gasteiger partial charge on any atom is -0.397 e. The minimum atomic E-state index is -0.202. The van der Waals surface area contributed by atoms with Crippen LogP contribution in [0.3, 0.4) is 0 Å². The van der Waals surface area contributed by atoms with Gasteiger partial charge in [-0.25, -0.2) is 9.88 Å². The second-order valence-corrected chi connectivity index (χ2v) is 3.07. The van der Waals surface area contributed by atoms with Crippen molar-refractivity contribution in [2.75, 3.05) is 10.6 Å². The maximum Gasteiger partial charge on any atom is 0.235 e. The molecule has 72 valence electrons. The average Bonchev–Trinajstić information content (AvgIpc) is 2.49. The van der Waals surface area contributed by atoms with E-state index in [0.717, 1.165) is 4.90 Å². The third-order valence-corrected chi connectivity index (χ3v) is 2.05. The standard InChI is InChI=1S/C9H9N3O2/c10-6-1-2-7(11-5-6)12-8(13)3-4-9(12)14/h1-2,5H,3-4,10H2. The molecule has 1 aliphatic rings. The van der Waals surface area contributed by atoms with Crippen molar-refractivity contribution in [3.05, 3.63) is 18.3 Å². The SMILES string of the molecule is Nc1ccc(N2C(=O)CCC2=O)nc1. The first-order valence-electron chi connectivity index (χ1n) is 4.26. The van der Waals surface area contributed by atoms with E-state index in [2.05, 4.69) is 4.98 Å². The van der Waals surface area contributed by atoms with Crippen molar-refractivity contribution >= 4 is 23.3 Å². The fourth-order valence-electron chi connectivity index (χ4n) is 1.36. The number of aromatic nitrogens is 1. The van der Waals surface area contributed by atoms with Gasteiger partial charge in [0, 0.05) is 12.8 Å². The van der Waals surface area contributed by atoms with E-state index in [1.54, 1.807) is 12.1 Å². The zero-order valence-corrected chi connectivity index (χ0v) is 7.43. The quantitative estimate of drug-likeness (QED) is 0.648. The van der Waals surface area contributed by atoms with Crippen LogP contribution in [-0.4, -0.2) is 16.8 Å². The van der Waals surface area contributed by atoms with Gasteiger partial charge in [-0.1, -0.05) is 0 Å². The van der Waals surface area contributed by atoms with Gasteiger partial charge in [0.1, 0.15) is 5.82 Å². The molecule has 2 amide bonds. The number of rotatable bonds is 1. The summed E-state index contributed by atoms with van der Waals surface area (Å²) in [6.07, 6.45) is 1.96. The number of nitrogens with two attached hydrogens (primary N) is 1. The van der Waals surface area contributed by atoms with Crippen LogP contribution in [-0.2, 0) is 9.59 Å². The lowest BCUT2D eigenvalue weighted by atomic mass is 10.4. The molecule has 1 fully saturated rings. The summed E-state index contributed by atoms with van der Waals surface area (Å²) >= 11 is 0. The van der Waals surface area contributed by atoms with E-state index in [1.807, 2.05) is 0 Å². The zero-order chi connectivity index (χ0) is 10.1. The fraction of sp³-hybridized carbons (Fsp3) is 0.222. The molecule has 0 saturated carbocycles. The number of nitrogens with zero attached hydrogens (tertiary/aromatic N) is 2. The van der Waals surface area contributed by atoms with Gasteiger partial charge in [-0.3, -0.25) is 9.59 Å². The third-order valence-electron chi connectivity index (χ3n) is 2.05. The van der Waals surface area contributed by atoms with E-state index in [-0.39, 0.29) is 24.7 Å². The highest BCUT2D eigenvalue weighted by Crippen LogP contribution is 2.20. The number of anilines is 2. The zero-order valence-electron chi connectivity index (χ0n) is 7.43. The molecule has 0 atom stereocenters. The molecule has 0 spiro atoms. The maximum atomic E-state index is 11.3. The highest BCUT2D eigenvalue weighted by molar-refractivity contribution is 6.19. The Balaban J connectivity index is 2.34. The highest BCUT2D eigenvalue weighted by Gasteiger charge is 2.30. The van der Waals surface area contributed by atoms with E-state index in [4.69, 9.17) is 5.73 Å². The first-order chi connectivity index (χ1) is 6.68. The van der Waals surface area contributed by atoms with Gasteiger partial charge in [0.2, 0.25) is 11.8 Å². The van der Waals surface area contributed by atoms with Crippen LogP contribution in [0.4, 0.5) is 11.5 Å². The van der Waals surface area contributed by atoms with E-state index < -0.39 is 0 Å². The number of imide groups is 1. The van der Waals surface area contributed by atoms with Crippen molar-refractivity contribution in [2.24, 2.45) is 0 Å². The molecule has 0 aromatic carbocycles. The predicted octanol–water partition coefficient (Wildman–Crippen LogP) is 0.317. The van der Waals surface area contributed by atoms with Gasteiger partial charge in [-0.05, 0) is 12.1 Å². The number of carbonyl (C=O) groups excluding carboxylic acids is 2. The largest absolute Gasteiger partial charge is 0.397 e. The molecule has 1 aromatic heterocycles. The Hall–Kier alpha value is -1.91. The van der Waals surface area contributed by atoms with Crippen molar-refractivity contribution in [2.45, 2.75) is 12.8 Å². The minimum absolute atomic E-state index is 0.202. The van der Waals surface area contributed by atoms with E-state index >= 15 is 0 Å². The number of amides is 2. The van der Waals surface area contributed by atoms with Crippen LogP contribution in [0.2, 0.25) is 0 Å². The summed E-state index contributed by atoms with van der Waals surface area (Å²) in [6.45, 7) is 0. The van der Waals surface area contributed by atoms with Crippen LogP contribution in [0, 0.1) is 0 Å². The van der Waals surface area contributed by atoms with Crippen molar-refractivity contribution in [3.8, 4) is 0 Å². The summed E-state index contributed by atoms with van der Waals surface area (Å²) in [5.74, 6) is -0.0498. The Morgan fingerprint density at radius 1 is 1.21 bits per heavy atom. The average molecular weight is 191 g/mol. The van der Waals surface area contributed by atoms with Crippen molar-refractivity contribution in [1.29, 1.82) is 0 Å². The predicted molar refractivity (Wildman–Crippen MR) is 50.4 cm³/mol. The first kappa shape index (κ1) is 8.68. The second-order valence-electron chi connectivity index (χ2n) is 3.07. The molecule has 1 saturated heterocycles. The Morgan fingerprint density at radius 2 is 1.86 bits per heavy atom. The van der Waals surface area contributed by atoms with Crippen LogP contribution >= 0.6 is 0 Å². The van der Waals surface area contributed by atoms with Crippen LogP contribution in [0.15, 0.2) is 18.3 Å². The van der Waals surface area contributed by atoms with Crippen LogP contribution < -0.4 is 10.6 Å². The fourth-order valence-corrected chi connectivity index (χ4v) is 1.36. The summed E-state index contributed by atoms with van der Waals surface area (Å²) in [6, 6.07) is 3.18. The van der Waals surface area contributed by atoms with Crippen molar-refractivity contribution < 1.29 is 9.59 Å². The number of carbonyl (C=O) groups is 2. The van der Waals surface area contributed by atoms with Crippen molar-refractivity contribution in [3.63, 3.8) is 0 Å². The van der Waals surface area contributed by atoms with Crippen LogP contribution in [0.25, 0.3) is 0 Å². The monoisotopic (exact) mass is 191 g/mol. The van der Waals surface area contributed by atoms with Gasteiger partial charge >= 0.3 is 0 Å². The van der Waals surface area contributed by atoms with Gasteiger partial charge in [0.05, 0.1) is 11.9 Å². The molecule has 1 aromatic rings. The molecule has 1 aliphatic heterocycles. The van der Waals surface area contributed by atoms with Gasteiger partial charge in [-0.15, -0.1) is 0 Å². The molecule has 0 aliphatic carbocycles. The number of nitrogen functional groups attached to an aromatic ring is 1. The Labute approximate surface area is 80.5 Å². The third kappa shape index (κ3) is 1.32. The Kier molecular flexibility index (Phi) is 1.92. The van der Waals surface area contributed by atoms with Gasteiger partial charge in [0.25, 0.3) is 0 Å². The lowest BCUT2D eigenvalue weighted by Gasteiger charge is -2.11. The molecule has 0 unspecified atom stereocenters. The van der Waals surface area contributed by atoms with E-state index in [1.165, 1.54) is 6.20 Å². The normalized spacial score (nSPS) is 16.4. The van der Waals surface area contributed by atoms with Gasteiger partial charge in [-0.2, -0.15) is 0 Å². The number of hydrogen-bond donors (Lipinski definition) is 1. The van der Waals surface area contributed by atoms with E-state index in [0.29, 0.717) is 11.5 Å². The highest BCUT2D eigenvalue weighted by atomic mass is 16.2. The molecule has 2 N–H and O–H groups in total. The Morgan fingerprint density at radius 3 is 2.36 bits per heavy atom. The molecule has 2 heterocycles. The summed E-state index contributed by atoms with van der Waals surface area (Å²) in [5, 5.41) is 0. The lowest BCUT2D eigenvalue weighted by molar-refractivity contribution is -0.121. The number of hydrogen-bond acceptors (Lipinski definition) is 4. The lowest BCUT2D eigenvalue weighted by Crippen LogP contribution is -2.29. The molecule has 5 nitrogen and oxygen atoms in total. The first-order valence-corrected chi connectivity index (χ1v) is 4.26. The second kappa shape index (κ2) is 3.10. The van der Waals surface area contributed by atoms with Crippen molar-refractivity contribution in [1.82, 2.24) is 4.98 Å². The summed E-state index contributed by atoms with van der Waals surface area (Å²) < 4.78 is 0. The molecule has 14 heavy (non-hydrogen) atoms. The molecule has 5 heteroatoms. The topological polar surface area (TPSA) is 76.3 Å². The van der Waals surface area contributed by atoms with Crippen LogP contribution in [0.5, 0.6) is 0 Å². The van der Waals surface area contributed by atoms with Crippen LogP contribution in [0.1, 0.15) is 12.8 Å². The molecule has 0 bridgehead atoms. The van der Waals surface area contributed by atoms with Gasteiger partial charge in [0.15, 0.2) is 0 Å². The molecular weight excluding hydrogens is 182 g/mol. The van der Waals surface area contributed by atoms with E-state index in [9.17, 15) is 9.59 Å². The Bertz CT molecular complexity index is 370. The number of pyridine rings is 1. The summed E-state index contributed by atoms with van der Waals surface area (Å²) in [5.41, 5.74) is 5.95. The maximum absolute atomic E-state index is 11.3. The molecular formula is C9H9N3O2. The summed E-state index contributed by atoms with van der Waals surface area (Å²) in [7, 11) is 0. The molecule has 2 rings (SSSR count). The van der Waals surface area contributed by atoms with Gasteiger partial charge < -0.3 is 5.73 Å². The summed E-state index contributed by atoms with van der Waals surface area (Å²) in [4.78, 5) is 27.6.